The fraction of sp³-hybridized carbons (Fsp3) is 0.0444. The highest BCUT2D eigenvalue weighted by molar-refractivity contribution is 6.11. The van der Waals surface area contributed by atoms with Crippen LogP contribution in [0.3, 0.4) is 0 Å². The van der Waals surface area contributed by atoms with Gasteiger partial charge in [0.1, 0.15) is 28.0 Å². The summed E-state index contributed by atoms with van der Waals surface area (Å²) in [6.45, 7) is 2.17. The second-order valence-electron chi connectivity index (χ2n) is 12.9. The lowest BCUT2D eigenvalue weighted by Crippen LogP contribution is -2.30. The minimum absolute atomic E-state index is 0.858. The molecular weight excluding hydrogens is 601 g/mol. The molecule has 3 aromatic heterocycles. The van der Waals surface area contributed by atoms with Gasteiger partial charge in [-0.3, -0.25) is 0 Å². The van der Waals surface area contributed by atoms with Crippen LogP contribution in [0.1, 0.15) is 5.56 Å². The predicted octanol–water partition coefficient (Wildman–Crippen LogP) is 11.6. The average Bonchev–Trinajstić information content (AvgIpc) is 3.80. The largest absolute Gasteiger partial charge is 0.456 e. The van der Waals surface area contributed by atoms with Crippen molar-refractivity contribution in [3.8, 4) is 39.3 Å². The van der Waals surface area contributed by atoms with Gasteiger partial charge in [-0.05, 0) is 83.3 Å². The van der Waals surface area contributed by atoms with Crippen molar-refractivity contribution in [1.29, 1.82) is 0 Å². The number of hydrogen-bond donors (Lipinski definition) is 0. The molecule has 0 aliphatic carbocycles. The number of rotatable bonds is 4. The van der Waals surface area contributed by atoms with E-state index in [0.717, 1.165) is 88.7 Å². The molecule has 0 saturated heterocycles. The van der Waals surface area contributed by atoms with Gasteiger partial charge >= 0.3 is 0 Å². The summed E-state index contributed by atoms with van der Waals surface area (Å²) in [5.41, 5.74) is 13.6. The van der Waals surface area contributed by atoms with Crippen molar-refractivity contribution in [1.82, 2.24) is 4.57 Å². The monoisotopic (exact) mass is 631 g/mol. The van der Waals surface area contributed by atoms with Gasteiger partial charge in [0.2, 0.25) is 0 Å². The van der Waals surface area contributed by atoms with E-state index in [1.54, 1.807) is 0 Å². The number of nitrogens with zero attached hydrogens (tertiary/aromatic N) is 2. The van der Waals surface area contributed by atoms with Crippen LogP contribution in [-0.2, 0) is 7.05 Å². The average molecular weight is 632 g/mol. The normalized spacial score (nSPS) is 11.9. The maximum Gasteiger partial charge on any atom is 0.298 e. The summed E-state index contributed by atoms with van der Waals surface area (Å²) in [5.74, 6) is 1.05. The van der Waals surface area contributed by atoms with Gasteiger partial charge in [-0.25, -0.2) is 4.57 Å². The number of aryl methyl sites for hydroxylation is 2. The number of hydrogen-bond acceptors (Lipinski definition) is 2. The molecule has 0 radical (unpaired) electrons. The molecule has 0 N–H and O–H groups in total. The van der Waals surface area contributed by atoms with Gasteiger partial charge in [0, 0.05) is 27.6 Å². The highest BCUT2D eigenvalue weighted by atomic mass is 16.3. The van der Waals surface area contributed by atoms with Crippen molar-refractivity contribution in [3.05, 3.63) is 157 Å². The van der Waals surface area contributed by atoms with E-state index >= 15 is 0 Å². The number of imidazole rings is 1. The van der Waals surface area contributed by atoms with E-state index in [0.29, 0.717) is 0 Å². The van der Waals surface area contributed by atoms with Crippen LogP contribution >= 0.6 is 0 Å². The summed E-state index contributed by atoms with van der Waals surface area (Å²) in [7, 11) is 2.15. The molecule has 0 unspecified atom stereocenters. The van der Waals surface area contributed by atoms with Crippen molar-refractivity contribution in [2.45, 2.75) is 6.92 Å². The van der Waals surface area contributed by atoms with Crippen LogP contribution in [0.15, 0.2) is 160 Å². The van der Waals surface area contributed by atoms with Crippen molar-refractivity contribution in [2.24, 2.45) is 7.05 Å². The second kappa shape index (κ2) is 10.6. The third-order valence-corrected chi connectivity index (χ3v) is 10.0. The number of para-hydroxylation sites is 2. The van der Waals surface area contributed by atoms with E-state index < -0.39 is 0 Å². The van der Waals surface area contributed by atoms with Crippen molar-refractivity contribution in [2.75, 3.05) is 0 Å². The van der Waals surface area contributed by atoms with E-state index in [4.69, 9.17) is 8.83 Å². The zero-order valence-corrected chi connectivity index (χ0v) is 27.1. The number of fused-ring (bicyclic) bond motifs is 7. The SMILES string of the molecule is Cc1ccc2c(oc3cc(-c4ccccc4)ccc32)c1-c1n(-c2ccc3c(c2)oc2cc(-c4ccccc4)ccc23)c2ccccc2[n+]1C. The Bertz CT molecular complexity index is 2890. The molecular formula is C45H31N2O2+. The molecule has 3 heterocycles. The topological polar surface area (TPSA) is 35.1 Å². The first-order valence-electron chi connectivity index (χ1n) is 16.7. The molecule has 0 aliphatic rings. The lowest BCUT2D eigenvalue weighted by Gasteiger charge is -2.07. The Labute approximate surface area is 282 Å². The molecule has 232 valence electrons. The molecule has 10 rings (SSSR count). The highest BCUT2D eigenvalue weighted by Gasteiger charge is 2.30. The van der Waals surface area contributed by atoms with Crippen LogP contribution in [0.5, 0.6) is 0 Å². The summed E-state index contributed by atoms with van der Waals surface area (Å²) in [6, 6.07) is 53.5. The molecule has 7 aromatic carbocycles. The van der Waals surface area contributed by atoms with Crippen LogP contribution < -0.4 is 4.57 Å². The Hall–Kier alpha value is -6.39. The fourth-order valence-electron chi connectivity index (χ4n) is 7.60. The van der Waals surface area contributed by atoms with Gasteiger partial charge in [0.25, 0.3) is 5.82 Å². The fourth-order valence-corrected chi connectivity index (χ4v) is 7.60. The third kappa shape index (κ3) is 4.20. The molecule has 0 bridgehead atoms. The highest BCUT2D eigenvalue weighted by Crippen LogP contribution is 2.41. The van der Waals surface area contributed by atoms with Gasteiger partial charge < -0.3 is 8.83 Å². The second-order valence-corrected chi connectivity index (χ2v) is 12.9. The zero-order chi connectivity index (χ0) is 32.6. The Morgan fingerprint density at radius 2 is 1.04 bits per heavy atom. The summed E-state index contributed by atoms with van der Waals surface area (Å²) < 4.78 is 18.1. The Morgan fingerprint density at radius 1 is 0.490 bits per heavy atom. The number of furan rings is 2. The Kier molecular flexibility index (Phi) is 5.97. The maximum absolute atomic E-state index is 6.84. The molecule has 10 aromatic rings. The van der Waals surface area contributed by atoms with E-state index in [2.05, 4.69) is 163 Å². The number of benzene rings is 7. The first kappa shape index (κ1) is 27.7. The molecule has 49 heavy (non-hydrogen) atoms. The predicted molar refractivity (Wildman–Crippen MR) is 200 cm³/mol. The van der Waals surface area contributed by atoms with Crippen LogP contribution in [0.4, 0.5) is 0 Å². The van der Waals surface area contributed by atoms with E-state index in [1.807, 2.05) is 12.1 Å². The minimum atomic E-state index is 0.858. The lowest BCUT2D eigenvalue weighted by molar-refractivity contribution is -0.633. The summed E-state index contributed by atoms with van der Waals surface area (Å²) in [6.07, 6.45) is 0. The van der Waals surface area contributed by atoms with Crippen molar-refractivity contribution in [3.63, 3.8) is 0 Å². The quantitative estimate of drug-likeness (QED) is 0.181. The molecule has 0 spiro atoms. The summed E-state index contributed by atoms with van der Waals surface area (Å²) in [4.78, 5) is 0. The molecule has 0 saturated carbocycles. The molecule has 0 amide bonds. The molecule has 4 nitrogen and oxygen atoms in total. The molecule has 0 aliphatic heterocycles. The summed E-state index contributed by atoms with van der Waals surface area (Å²) >= 11 is 0. The lowest BCUT2D eigenvalue weighted by atomic mass is 10.0. The Morgan fingerprint density at radius 3 is 1.73 bits per heavy atom. The maximum atomic E-state index is 6.84. The van der Waals surface area contributed by atoms with Crippen molar-refractivity contribution < 1.29 is 13.4 Å². The van der Waals surface area contributed by atoms with Gasteiger partial charge in [-0.2, -0.15) is 4.57 Å². The molecule has 0 atom stereocenters. The smallest absolute Gasteiger partial charge is 0.298 e. The molecule has 0 fully saturated rings. The van der Waals surface area contributed by atoms with Crippen molar-refractivity contribution >= 4 is 54.9 Å². The van der Waals surface area contributed by atoms with E-state index in [9.17, 15) is 0 Å². The standard InChI is InChI=1S/C45H31N2O2/c1-28-17-21-37-36-23-19-32(30-13-7-4-8-14-30)26-41(36)49-44(37)43(28)45-46(2)38-15-9-10-16-39(38)47(45)33-20-24-35-34-22-18-31(29-11-5-3-6-12-29)25-40(34)48-42(35)27-33/h3-27H,1-2H3/q+1. The van der Waals surface area contributed by atoms with Gasteiger partial charge in [0.15, 0.2) is 16.6 Å². The first-order valence-corrected chi connectivity index (χ1v) is 16.7. The molecule has 4 heteroatoms. The third-order valence-electron chi connectivity index (χ3n) is 10.0. The van der Waals surface area contributed by atoms with Gasteiger partial charge in [-0.15, -0.1) is 0 Å². The van der Waals surface area contributed by atoms with Crippen LogP contribution in [0.25, 0.3) is 94.2 Å². The van der Waals surface area contributed by atoms with Crippen LogP contribution in [0, 0.1) is 6.92 Å². The summed E-state index contributed by atoms with van der Waals surface area (Å²) in [5, 5.41) is 4.43. The zero-order valence-electron chi connectivity index (χ0n) is 27.1. The number of aromatic nitrogens is 2. The minimum Gasteiger partial charge on any atom is -0.456 e. The van der Waals surface area contributed by atoms with Gasteiger partial charge in [0.05, 0.1) is 7.05 Å². The van der Waals surface area contributed by atoms with Crippen LogP contribution in [0.2, 0.25) is 0 Å². The van der Waals surface area contributed by atoms with E-state index in [-0.39, 0.29) is 0 Å². The van der Waals surface area contributed by atoms with E-state index in [1.165, 1.54) is 11.1 Å². The Balaban J connectivity index is 1.20. The van der Waals surface area contributed by atoms with Gasteiger partial charge in [-0.1, -0.05) is 97.1 Å². The van der Waals surface area contributed by atoms with Crippen LogP contribution in [-0.4, -0.2) is 4.57 Å². The first-order chi connectivity index (χ1) is 24.1.